The molecule has 0 aliphatic rings. The summed E-state index contributed by atoms with van der Waals surface area (Å²) in [7, 11) is 0. The Kier molecular flexibility index (Phi) is 6.52. The monoisotopic (exact) mass is 386 g/mol. The number of nitrogens with one attached hydrogen (secondary N) is 1. The van der Waals surface area contributed by atoms with Crippen LogP contribution in [0.1, 0.15) is 44.0 Å². The molecule has 0 atom stereocenters. The maximum atomic E-state index is 12.8. The number of rotatable bonds is 7. The summed E-state index contributed by atoms with van der Waals surface area (Å²) in [6.45, 7) is 6.91. The van der Waals surface area contributed by atoms with E-state index < -0.39 is 0 Å². The SMILES string of the molecule is CCC(C)(C)NC(=O)c1cn(CCCSC)c2c(Cl)c(Cl)ccc12. The minimum absolute atomic E-state index is 0.0751. The number of amides is 1. The summed E-state index contributed by atoms with van der Waals surface area (Å²) < 4.78 is 2.05. The molecule has 1 aromatic carbocycles. The highest BCUT2D eigenvalue weighted by molar-refractivity contribution is 7.98. The highest BCUT2D eigenvalue weighted by Gasteiger charge is 2.23. The van der Waals surface area contributed by atoms with Gasteiger partial charge >= 0.3 is 0 Å². The molecule has 2 rings (SSSR count). The third-order valence-electron chi connectivity index (χ3n) is 4.26. The van der Waals surface area contributed by atoms with E-state index in [4.69, 9.17) is 23.2 Å². The molecule has 6 heteroatoms. The number of benzene rings is 1. The molecule has 0 spiro atoms. The molecule has 1 aromatic heterocycles. The lowest BCUT2D eigenvalue weighted by Gasteiger charge is -2.24. The zero-order valence-corrected chi connectivity index (χ0v) is 16.9. The lowest BCUT2D eigenvalue weighted by atomic mass is 10.0. The van der Waals surface area contributed by atoms with E-state index in [0.717, 1.165) is 36.0 Å². The van der Waals surface area contributed by atoms with Gasteiger partial charge in [-0.1, -0.05) is 36.2 Å². The number of thioether (sulfide) groups is 1. The minimum atomic E-state index is -0.249. The molecule has 0 radical (unpaired) electrons. The van der Waals surface area contributed by atoms with Gasteiger partial charge in [0.25, 0.3) is 5.91 Å². The van der Waals surface area contributed by atoms with Crippen LogP contribution >= 0.6 is 35.0 Å². The van der Waals surface area contributed by atoms with Gasteiger partial charge in [0, 0.05) is 23.7 Å². The Balaban J connectivity index is 2.47. The van der Waals surface area contributed by atoms with Gasteiger partial charge in [-0.05, 0) is 44.8 Å². The average molecular weight is 387 g/mol. The topological polar surface area (TPSA) is 34.0 Å². The van der Waals surface area contributed by atoms with Gasteiger partial charge in [-0.25, -0.2) is 0 Å². The summed E-state index contributed by atoms with van der Waals surface area (Å²) >= 11 is 14.4. The Morgan fingerprint density at radius 2 is 2.04 bits per heavy atom. The Bertz CT molecular complexity index is 740. The summed E-state index contributed by atoms with van der Waals surface area (Å²) in [5, 5.41) is 4.96. The first kappa shape index (κ1) is 19.5. The standard InChI is InChI=1S/C18H24Cl2N2OS/c1-5-18(2,3)21-17(23)13-11-22(9-6-10-24-4)16-12(13)7-8-14(19)15(16)20/h7-8,11H,5-6,9-10H2,1-4H3,(H,21,23). The van der Waals surface area contributed by atoms with Crippen LogP contribution < -0.4 is 5.32 Å². The summed E-state index contributed by atoms with van der Waals surface area (Å²) in [6, 6.07) is 3.63. The molecule has 132 valence electrons. The van der Waals surface area contributed by atoms with Gasteiger partial charge in [-0.15, -0.1) is 0 Å². The highest BCUT2D eigenvalue weighted by Crippen LogP contribution is 2.34. The predicted octanol–water partition coefficient (Wildman–Crippen LogP) is 5.62. The van der Waals surface area contributed by atoms with E-state index in [-0.39, 0.29) is 11.4 Å². The molecule has 0 saturated carbocycles. The van der Waals surface area contributed by atoms with Crippen LogP contribution in [0.2, 0.25) is 10.0 Å². The Labute approximate surface area is 158 Å². The van der Waals surface area contributed by atoms with Gasteiger partial charge in [0.1, 0.15) is 0 Å². The maximum absolute atomic E-state index is 12.8. The second-order valence-corrected chi connectivity index (χ2v) is 8.30. The second kappa shape index (κ2) is 8.03. The number of hydrogen-bond acceptors (Lipinski definition) is 2. The molecular formula is C18H24Cl2N2OS. The third kappa shape index (κ3) is 4.22. The number of hydrogen-bond donors (Lipinski definition) is 1. The molecule has 1 amide bonds. The van der Waals surface area contributed by atoms with E-state index in [1.165, 1.54) is 0 Å². The largest absolute Gasteiger partial charge is 0.347 e. The quantitative estimate of drug-likeness (QED) is 0.626. The average Bonchev–Trinajstić information content (AvgIpc) is 2.90. The van der Waals surface area contributed by atoms with Crippen molar-refractivity contribution in [3.05, 3.63) is 33.9 Å². The number of halogens is 2. The molecule has 1 heterocycles. The zero-order valence-electron chi connectivity index (χ0n) is 14.6. The van der Waals surface area contributed by atoms with Gasteiger partial charge in [0.2, 0.25) is 0 Å². The van der Waals surface area contributed by atoms with Crippen molar-refractivity contribution in [3.8, 4) is 0 Å². The van der Waals surface area contributed by atoms with Gasteiger partial charge in [-0.2, -0.15) is 11.8 Å². The number of aromatic nitrogens is 1. The molecule has 0 aliphatic heterocycles. The fourth-order valence-electron chi connectivity index (χ4n) is 2.53. The van der Waals surface area contributed by atoms with Gasteiger partial charge in [0.15, 0.2) is 0 Å². The van der Waals surface area contributed by atoms with Crippen molar-refractivity contribution in [1.29, 1.82) is 0 Å². The third-order valence-corrected chi connectivity index (χ3v) is 5.75. The van der Waals surface area contributed by atoms with Gasteiger partial charge in [0.05, 0.1) is 21.1 Å². The molecule has 0 saturated heterocycles. The van der Waals surface area contributed by atoms with Crippen molar-refractivity contribution in [2.75, 3.05) is 12.0 Å². The lowest BCUT2D eigenvalue weighted by Crippen LogP contribution is -2.42. The van der Waals surface area contributed by atoms with Crippen molar-refractivity contribution >= 4 is 51.8 Å². The molecule has 0 aliphatic carbocycles. The van der Waals surface area contributed by atoms with E-state index in [1.54, 1.807) is 17.8 Å². The summed E-state index contributed by atoms with van der Waals surface area (Å²) in [5.74, 6) is 0.983. The van der Waals surface area contributed by atoms with E-state index in [2.05, 4.69) is 18.5 Å². The number of fused-ring (bicyclic) bond motifs is 1. The molecular weight excluding hydrogens is 363 g/mol. The van der Waals surface area contributed by atoms with Crippen molar-refractivity contribution in [1.82, 2.24) is 9.88 Å². The molecule has 24 heavy (non-hydrogen) atoms. The first-order chi connectivity index (χ1) is 11.3. The lowest BCUT2D eigenvalue weighted by molar-refractivity contribution is 0.0912. The van der Waals surface area contributed by atoms with Crippen LogP contribution in [-0.2, 0) is 6.54 Å². The van der Waals surface area contributed by atoms with E-state index in [9.17, 15) is 4.79 Å². The van der Waals surface area contributed by atoms with Crippen molar-refractivity contribution in [3.63, 3.8) is 0 Å². The number of nitrogens with zero attached hydrogens (tertiary/aromatic N) is 1. The molecule has 1 N–H and O–H groups in total. The number of carbonyl (C=O) groups excluding carboxylic acids is 1. The molecule has 0 fully saturated rings. The van der Waals surface area contributed by atoms with Crippen molar-refractivity contribution < 1.29 is 4.79 Å². The Morgan fingerprint density at radius 3 is 2.67 bits per heavy atom. The highest BCUT2D eigenvalue weighted by atomic mass is 35.5. The summed E-state index contributed by atoms with van der Waals surface area (Å²) in [6.07, 6.45) is 5.85. The fourth-order valence-corrected chi connectivity index (χ4v) is 3.37. The second-order valence-electron chi connectivity index (χ2n) is 6.53. The van der Waals surface area contributed by atoms with Crippen molar-refractivity contribution in [2.45, 2.75) is 45.7 Å². The Morgan fingerprint density at radius 1 is 1.33 bits per heavy atom. The minimum Gasteiger partial charge on any atom is -0.347 e. The van der Waals surface area contributed by atoms with Crippen LogP contribution in [0.25, 0.3) is 10.9 Å². The van der Waals surface area contributed by atoms with Gasteiger partial charge < -0.3 is 9.88 Å². The van der Waals surface area contributed by atoms with E-state index >= 15 is 0 Å². The van der Waals surface area contributed by atoms with Crippen LogP contribution in [0, 0.1) is 0 Å². The smallest absolute Gasteiger partial charge is 0.253 e. The summed E-state index contributed by atoms with van der Waals surface area (Å²) in [5.41, 5.74) is 1.24. The number of aryl methyl sites for hydroxylation is 1. The molecule has 0 unspecified atom stereocenters. The Hall–Kier alpha value is -0.840. The van der Waals surface area contributed by atoms with Crippen LogP contribution in [0.5, 0.6) is 0 Å². The molecule has 0 bridgehead atoms. The normalized spacial score (nSPS) is 11.9. The van der Waals surface area contributed by atoms with Gasteiger partial charge in [-0.3, -0.25) is 4.79 Å². The fraction of sp³-hybridized carbons (Fsp3) is 0.500. The van der Waals surface area contributed by atoms with E-state index in [1.807, 2.05) is 30.7 Å². The van der Waals surface area contributed by atoms with Crippen molar-refractivity contribution in [2.24, 2.45) is 0 Å². The zero-order chi connectivity index (χ0) is 17.9. The maximum Gasteiger partial charge on any atom is 0.253 e. The predicted molar refractivity (Wildman–Crippen MR) is 107 cm³/mol. The first-order valence-corrected chi connectivity index (χ1v) is 10.2. The molecule has 3 nitrogen and oxygen atoms in total. The van der Waals surface area contributed by atoms with Crippen LogP contribution in [0.4, 0.5) is 0 Å². The van der Waals surface area contributed by atoms with Crippen LogP contribution in [-0.4, -0.2) is 28.0 Å². The van der Waals surface area contributed by atoms with E-state index in [0.29, 0.717) is 15.6 Å². The summed E-state index contributed by atoms with van der Waals surface area (Å²) in [4.78, 5) is 12.8. The van der Waals surface area contributed by atoms with Crippen LogP contribution in [0.3, 0.4) is 0 Å². The molecule has 2 aromatic rings. The number of carbonyl (C=O) groups is 1. The van der Waals surface area contributed by atoms with Crippen LogP contribution in [0.15, 0.2) is 18.3 Å². The first-order valence-electron chi connectivity index (χ1n) is 8.09.